The van der Waals surface area contributed by atoms with Crippen LogP contribution in [0.5, 0.6) is 0 Å². The first-order chi connectivity index (χ1) is 19.9. The van der Waals surface area contributed by atoms with Crippen LogP contribution in [0, 0.1) is 13.8 Å². The second-order valence-corrected chi connectivity index (χ2v) is 12.5. The lowest BCUT2D eigenvalue weighted by Crippen LogP contribution is -2.31. The van der Waals surface area contributed by atoms with E-state index in [1.165, 1.54) is 22.2 Å². The van der Waals surface area contributed by atoms with Gasteiger partial charge >= 0.3 is 5.97 Å². The molecule has 0 atom stereocenters. The van der Waals surface area contributed by atoms with E-state index in [4.69, 9.17) is 4.99 Å². The van der Waals surface area contributed by atoms with Gasteiger partial charge in [0.25, 0.3) is 5.91 Å². The fourth-order valence-corrected chi connectivity index (χ4v) is 8.11. The maximum atomic E-state index is 13.8. The summed E-state index contributed by atoms with van der Waals surface area (Å²) >= 11 is 2.98. The van der Waals surface area contributed by atoms with Crippen LogP contribution in [-0.2, 0) is 24.1 Å². The van der Waals surface area contributed by atoms with Gasteiger partial charge in [0, 0.05) is 22.8 Å². The number of aryl methyl sites for hydroxylation is 2. The van der Waals surface area contributed by atoms with Crippen LogP contribution in [0.25, 0.3) is 11.1 Å². The number of carboxylic acid groups (broad SMARTS) is 1. The number of thioether (sulfide) groups is 1. The van der Waals surface area contributed by atoms with Gasteiger partial charge in [-0.3, -0.25) is 9.69 Å². The highest BCUT2D eigenvalue weighted by atomic mass is 32.2. The number of aromatic nitrogens is 1. The summed E-state index contributed by atoms with van der Waals surface area (Å²) in [6.45, 7) is 4.53. The molecule has 0 saturated carbocycles. The van der Waals surface area contributed by atoms with Gasteiger partial charge < -0.3 is 9.67 Å². The first kappa shape index (κ1) is 27.3. The van der Waals surface area contributed by atoms with Gasteiger partial charge in [-0.15, -0.1) is 11.3 Å². The van der Waals surface area contributed by atoms with Gasteiger partial charge in [-0.2, -0.15) is 0 Å². The Bertz CT molecular complexity index is 1680. The number of para-hydroxylation sites is 1. The van der Waals surface area contributed by atoms with E-state index in [2.05, 4.69) is 16.7 Å². The molecule has 2 aromatic carbocycles. The quantitative estimate of drug-likeness (QED) is 0.228. The first-order valence-electron chi connectivity index (χ1n) is 13.9. The van der Waals surface area contributed by atoms with Crippen LogP contribution in [0.15, 0.2) is 76.6 Å². The number of hydrogen-bond acceptors (Lipinski definition) is 5. The number of rotatable bonds is 7. The number of benzene rings is 2. The van der Waals surface area contributed by atoms with Crippen LogP contribution in [0.3, 0.4) is 0 Å². The van der Waals surface area contributed by atoms with Crippen LogP contribution < -0.4 is 0 Å². The maximum absolute atomic E-state index is 13.8. The van der Waals surface area contributed by atoms with Crippen molar-refractivity contribution in [2.75, 3.05) is 6.54 Å². The zero-order chi connectivity index (χ0) is 28.5. The van der Waals surface area contributed by atoms with E-state index >= 15 is 0 Å². The lowest BCUT2D eigenvalue weighted by atomic mass is 9.95. The summed E-state index contributed by atoms with van der Waals surface area (Å²) in [5, 5.41) is 11.6. The Balaban J connectivity index is 1.36. The molecule has 2 aromatic heterocycles. The summed E-state index contributed by atoms with van der Waals surface area (Å²) in [6, 6.07) is 21.9. The molecular formula is C33H31N3O3S2. The number of aromatic carboxylic acids is 1. The number of aliphatic imine (C=N–C) groups is 1. The number of carbonyl (C=O) groups is 2. The molecule has 1 saturated heterocycles. The Morgan fingerprint density at radius 3 is 2.46 bits per heavy atom. The SMILES string of the molecule is Cc1cc(/C=C2\SC(=Nc3ccccc3)N(CCc3ccccc3)C2=O)c(C)n1-c1sc2c(c1C(=O)O)CCCC2. The normalized spacial score (nSPS) is 17.0. The molecule has 1 fully saturated rings. The highest BCUT2D eigenvalue weighted by Crippen LogP contribution is 2.40. The minimum atomic E-state index is -0.871. The monoisotopic (exact) mass is 581 g/mol. The number of nitrogens with zero attached hydrogens (tertiary/aromatic N) is 3. The Hall–Kier alpha value is -3.88. The minimum absolute atomic E-state index is 0.0665. The van der Waals surface area contributed by atoms with Crippen molar-refractivity contribution in [1.29, 1.82) is 0 Å². The number of hydrogen-bond donors (Lipinski definition) is 1. The highest BCUT2D eigenvalue weighted by molar-refractivity contribution is 8.18. The highest BCUT2D eigenvalue weighted by Gasteiger charge is 2.34. The molecule has 6 nitrogen and oxygen atoms in total. The van der Waals surface area contributed by atoms with Gasteiger partial charge in [-0.05, 0) is 98.7 Å². The van der Waals surface area contributed by atoms with Crippen LogP contribution in [0.4, 0.5) is 5.69 Å². The topological polar surface area (TPSA) is 74.9 Å². The Morgan fingerprint density at radius 1 is 1.02 bits per heavy atom. The number of amidine groups is 1. The maximum Gasteiger partial charge on any atom is 0.339 e. The van der Waals surface area contributed by atoms with E-state index in [0.717, 1.165) is 65.3 Å². The molecule has 0 unspecified atom stereocenters. The summed E-state index contributed by atoms with van der Waals surface area (Å²) in [6.07, 6.45) is 6.53. The average molecular weight is 582 g/mol. The van der Waals surface area contributed by atoms with Crippen molar-refractivity contribution in [3.8, 4) is 5.00 Å². The van der Waals surface area contributed by atoms with Crippen molar-refractivity contribution in [2.45, 2.75) is 46.0 Å². The molecule has 1 aliphatic heterocycles. The Labute approximate surface area is 248 Å². The van der Waals surface area contributed by atoms with E-state index < -0.39 is 5.97 Å². The fraction of sp³-hybridized carbons (Fsp3) is 0.242. The zero-order valence-corrected chi connectivity index (χ0v) is 24.7. The zero-order valence-electron chi connectivity index (χ0n) is 23.1. The van der Waals surface area contributed by atoms with E-state index in [-0.39, 0.29) is 5.91 Å². The van der Waals surface area contributed by atoms with Gasteiger partial charge in [0.15, 0.2) is 5.17 Å². The molecule has 41 heavy (non-hydrogen) atoms. The Morgan fingerprint density at radius 2 is 1.73 bits per heavy atom. The molecule has 0 radical (unpaired) electrons. The number of carboxylic acids is 1. The third-order valence-electron chi connectivity index (χ3n) is 7.66. The number of thiophene rings is 1. The van der Waals surface area contributed by atoms with Crippen molar-refractivity contribution >= 4 is 51.9 Å². The minimum Gasteiger partial charge on any atom is -0.478 e. The second-order valence-electron chi connectivity index (χ2n) is 10.4. The molecular weight excluding hydrogens is 551 g/mol. The molecule has 4 aromatic rings. The first-order valence-corrected chi connectivity index (χ1v) is 15.5. The van der Waals surface area contributed by atoms with Crippen LogP contribution in [0.2, 0.25) is 0 Å². The van der Waals surface area contributed by atoms with Crippen molar-refractivity contribution in [1.82, 2.24) is 9.47 Å². The smallest absolute Gasteiger partial charge is 0.339 e. The Kier molecular flexibility index (Phi) is 7.69. The third kappa shape index (κ3) is 5.42. The third-order valence-corrected chi connectivity index (χ3v) is 9.95. The summed E-state index contributed by atoms with van der Waals surface area (Å²) in [5.41, 5.74) is 6.17. The largest absolute Gasteiger partial charge is 0.478 e. The van der Waals surface area contributed by atoms with E-state index in [0.29, 0.717) is 22.2 Å². The lowest BCUT2D eigenvalue weighted by molar-refractivity contribution is -0.122. The van der Waals surface area contributed by atoms with Gasteiger partial charge in [-0.1, -0.05) is 48.5 Å². The molecule has 1 aliphatic carbocycles. The molecule has 3 heterocycles. The molecule has 208 valence electrons. The van der Waals surface area contributed by atoms with Crippen molar-refractivity contribution in [3.05, 3.63) is 110 Å². The van der Waals surface area contributed by atoms with Crippen LogP contribution >= 0.6 is 23.1 Å². The van der Waals surface area contributed by atoms with Crippen molar-refractivity contribution in [2.24, 2.45) is 4.99 Å². The molecule has 0 bridgehead atoms. The second kappa shape index (κ2) is 11.5. The van der Waals surface area contributed by atoms with Gasteiger partial charge in [0.1, 0.15) is 5.00 Å². The number of amides is 1. The summed E-state index contributed by atoms with van der Waals surface area (Å²) in [7, 11) is 0. The average Bonchev–Trinajstić information content (AvgIpc) is 3.59. The van der Waals surface area contributed by atoms with Gasteiger partial charge in [0.2, 0.25) is 0 Å². The molecule has 1 amide bonds. The molecule has 1 N–H and O–H groups in total. The fourth-order valence-electron chi connectivity index (χ4n) is 5.60. The van der Waals surface area contributed by atoms with Crippen molar-refractivity contribution in [3.63, 3.8) is 0 Å². The van der Waals surface area contributed by atoms with E-state index in [9.17, 15) is 14.7 Å². The predicted octanol–water partition coefficient (Wildman–Crippen LogP) is 7.58. The summed E-state index contributed by atoms with van der Waals surface area (Å²) in [5.74, 6) is -0.938. The van der Waals surface area contributed by atoms with E-state index in [1.807, 2.05) is 74.5 Å². The van der Waals surface area contributed by atoms with E-state index in [1.54, 1.807) is 16.2 Å². The van der Waals surface area contributed by atoms with Crippen LogP contribution in [-0.4, -0.2) is 38.2 Å². The summed E-state index contributed by atoms with van der Waals surface area (Å²) in [4.78, 5) is 34.5. The number of carbonyl (C=O) groups excluding carboxylic acids is 1. The van der Waals surface area contributed by atoms with Crippen molar-refractivity contribution < 1.29 is 14.7 Å². The molecule has 0 spiro atoms. The summed E-state index contributed by atoms with van der Waals surface area (Å²) < 4.78 is 2.05. The standard InChI is InChI=1S/C33H31N3O3S2/c1-21-19-24(22(2)36(21)31-29(32(38)39)26-15-9-10-16-27(26)40-31)20-28-30(37)35(18-17-23-11-5-3-6-12-23)33(41-28)34-25-13-7-4-8-14-25/h3-8,11-14,19-20H,9-10,15-18H2,1-2H3,(H,38,39)/b28-20-,34-33?. The van der Waals surface area contributed by atoms with Gasteiger partial charge in [0.05, 0.1) is 16.2 Å². The molecule has 8 heteroatoms. The number of fused-ring (bicyclic) bond motifs is 1. The van der Waals surface area contributed by atoms with Crippen LogP contribution in [0.1, 0.15) is 56.2 Å². The van der Waals surface area contributed by atoms with Gasteiger partial charge in [-0.25, -0.2) is 9.79 Å². The molecule has 6 rings (SSSR count). The predicted molar refractivity (Wildman–Crippen MR) is 168 cm³/mol. The lowest BCUT2D eigenvalue weighted by Gasteiger charge is -2.15. The molecule has 2 aliphatic rings.